The molecule has 1 aromatic heterocycles. The minimum atomic E-state index is 0.458. The highest BCUT2D eigenvalue weighted by Gasteiger charge is 2.29. The Morgan fingerprint density at radius 1 is 0.926 bits per heavy atom. The van der Waals surface area contributed by atoms with Gasteiger partial charge in [0.1, 0.15) is 0 Å². The summed E-state index contributed by atoms with van der Waals surface area (Å²) in [4.78, 5) is 2.66. The highest BCUT2D eigenvalue weighted by Crippen LogP contribution is 2.34. The second-order valence-corrected chi connectivity index (χ2v) is 7.50. The Kier molecular flexibility index (Phi) is 5.69. The van der Waals surface area contributed by atoms with Gasteiger partial charge in [-0.15, -0.1) is 0 Å². The van der Waals surface area contributed by atoms with Gasteiger partial charge in [0.25, 0.3) is 0 Å². The average molecular weight is 360 g/mol. The van der Waals surface area contributed by atoms with Crippen molar-refractivity contribution in [3.8, 4) is 0 Å². The van der Waals surface area contributed by atoms with Crippen molar-refractivity contribution in [2.75, 3.05) is 6.54 Å². The highest BCUT2D eigenvalue weighted by molar-refractivity contribution is 5.30. The van der Waals surface area contributed by atoms with Crippen LogP contribution in [0.1, 0.15) is 54.6 Å². The van der Waals surface area contributed by atoms with Gasteiger partial charge in [-0.05, 0) is 43.0 Å². The van der Waals surface area contributed by atoms with E-state index < -0.39 is 0 Å². The molecule has 3 heteroatoms. The molecule has 0 spiro atoms. The number of aryl methyl sites for hydroxylation is 1. The average Bonchev–Trinajstić information content (AvgIpc) is 3.12. The van der Waals surface area contributed by atoms with Gasteiger partial charge in [0.2, 0.25) is 0 Å². The van der Waals surface area contributed by atoms with Gasteiger partial charge in [0.05, 0.1) is 17.9 Å². The third-order valence-corrected chi connectivity index (χ3v) is 5.65. The van der Waals surface area contributed by atoms with Crippen LogP contribution in [0.3, 0.4) is 0 Å². The first-order chi connectivity index (χ1) is 13.3. The molecule has 1 aliphatic heterocycles. The molecule has 0 amide bonds. The third kappa shape index (κ3) is 4.14. The first-order valence-electron chi connectivity index (χ1n) is 10.2. The van der Waals surface area contributed by atoms with Gasteiger partial charge in [-0.1, -0.05) is 67.1 Å². The van der Waals surface area contributed by atoms with E-state index in [-0.39, 0.29) is 0 Å². The summed E-state index contributed by atoms with van der Waals surface area (Å²) < 4.78 is 2.23. The number of piperidine rings is 1. The zero-order chi connectivity index (χ0) is 18.5. The zero-order valence-electron chi connectivity index (χ0n) is 16.2. The molecule has 0 saturated carbocycles. The molecular formula is C24H29N3. The molecule has 1 aliphatic rings. The van der Waals surface area contributed by atoms with Crippen LogP contribution in [0.5, 0.6) is 0 Å². The minimum Gasteiger partial charge on any atom is -0.291 e. The normalized spacial score (nSPS) is 17.9. The van der Waals surface area contributed by atoms with Crippen LogP contribution < -0.4 is 0 Å². The number of likely N-dealkylation sites (tertiary alicyclic amines) is 1. The Morgan fingerprint density at radius 2 is 1.63 bits per heavy atom. The molecule has 2 aromatic carbocycles. The summed E-state index contributed by atoms with van der Waals surface area (Å²) in [6, 6.07) is 22.1. The van der Waals surface area contributed by atoms with E-state index in [4.69, 9.17) is 5.10 Å². The molecule has 0 bridgehead atoms. The van der Waals surface area contributed by atoms with Crippen LogP contribution in [0.15, 0.2) is 66.9 Å². The smallest absolute Gasteiger partial charge is 0.0591 e. The fraction of sp³-hybridized carbons (Fsp3) is 0.375. The van der Waals surface area contributed by atoms with Crippen LogP contribution in [0.25, 0.3) is 0 Å². The van der Waals surface area contributed by atoms with Gasteiger partial charge >= 0.3 is 0 Å². The van der Waals surface area contributed by atoms with Crippen molar-refractivity contribution in [3.05, 3.63) is 89.2 Å². The first-order valence-corrected chi connectivity index (χ1v) is 10.2. The summed E-state index contributed by atoms with van der Waals surface area (Å²) >= 11 is 0. The fourth-order valence-electron chi connectivity index (χ4n) is 4.33. The molecule has 3 aromatic rings. The fourth-order valence-corrected chi connectivity index (χ4v) is 4.33. The topological polar surface area (TPSA) is 21.1 Å². The molecule has 2 heterocycles. The predicted octanol–water partition coefficient (Wildman–Crippen LogP) is 5.22. The van der Waals surface area contributed by atoms with Crippen molar-refractivity contribution in [1.82, 2.24) is 14.7 Å². The maximum Gasteiger partial charge on any atom is 0.0591 e. The quantitative estimate of drug-likeness (QED) is 0.601. The van der Waals surface area contributed by atoms with Crippen molar-refractivity contribution in [2.45, 2.75) is 51.7 Å². The Bertz CT molecular complexity index is 839. The molecule has 3 nitrogen and oxygen atoms in total. The molecule has 4 rings (SSSR count). The molecule has 1 fully saturated rings. The molecule has 1 unspecified atom stereocenters. The van der Waals surface area contributed by atoms with Crippen molar-refractivity contribution in [1.29, 1.82) is 0 Å². The monoisotopic (exact) mass is 359 g/mol. The summed E-state index contributed by atoms with van der Waals surface area (Å²) in [6.45, 7) is 5.32. The van der Waals surface area contributed by atoms with E-state index in [2.05, 4.69) is 83.4 Å². The lowest BCUT2D eigenvalue weighted by molar-refractivity contribution is 0.132. The Balaban J connectivity index is 1.64. The van der Waals surface area contributed by atoms with E-state index >= 15 is 0 Å². The predicted molar refractivity (Wildman–Crippen MR) is 111 cm³/mol. The second kappa shape index (κ2) is 8.53. The Morgan fingerprint density at radius 3 is 2.33 bits per heavy atom. The molecule has 27 heavy (non-hydrogen) atoms. The van der Waals surface area contributed by atoms with Crippen molar-refractivity contribution >= 4 is 0 Å². The maximum atomic E-state index is 4.74. The maximum absolute atomic E-state index is 4.74. The van der Waals surface area contributed by atoms with Crippen molar-refractivity contribution in [3.63, 3.8) is 0 Å². The molecule has 0 N–H and O–H groups in total. The van der Waals surface area contributed by atoms with Crippen molar-refractivity contribution < 1.29 is 0 Å². The highest BCUT2D eigenvalue weighted by atomic mass is 15.3. The largest absolute Gasteiger partial charge is 0.291 e. The number of benzene rings is 2. The molecule has 0 radical (unpaired) electrons. The van der Waals surface area contributed by atoms with E-state index in [0.29, 0.717) is 6.04 Å². The van der Waals surface area contributed by atoms with Gasteiger partial charge in [-0.3, -0.25) is 9.58 Å². The van der Waals surface area contributed by atoms with E-state index in [1.807, 2.05) is 0 Å². The lowest BCUT2D eigenvalue weighted by atomic mass is 9.94. The van der Waals surface area contributed by atoms with Crippen molar-refractivity contribution in [2.24, 2.45) is 0 Å². The van der Waals surface area contributed by atoms with Gasteiger partial charge in [-0.2, -0.15) is 5.10 Å². The van der Waals surface area contributed by atoms with E-state index in [9.17, 15) is 0 Å². The van der Waals surface area contributed by atoms with Gasteiger partial charge in [0, 0.05) is 19.5 Å². The Labute approximate surface area is 162 Å². The summed E-state index contributed by atoms with van der Waals surface area (Å²) in [5.74, 6) is 0. The van der Waals surface area contributed by atoms with Crippen LogP contribution in [0.4, 0.5) is 0 Å². The van der Waals surface area contributed by atoms with Gasteiger partial charge in [-0.25, -0.2) is 0 Å². The number of aromatic nitrogens is 2. The third-order valence-electron chi connectivity index (χ3n) is 5.65. The first kappa shape index (κ1) is 18.0. The van der Waals surface area contributed by atoms with E-state index in [0.717, 1.165) is 19.5 Å². The van der Waals surface area contributed by atoms with Crippen LogP contribution >= 0.6 is 0 Å². The number of hydrogen-bond donors (Lipinski definition) is 0. The van der Waals surface area contributed by atoms with Crippen LogP contribution in [-0.2, 0) is 19.5 Å². The number of nitrogens with zero attached hydrogens (tertiary/aromatic N) is 3. The molecule has 140 valence electrons. The summed E-state index contributed by atoms with van der Waals surface area (Å²) in [7, 11) is 0. The number of rotatable bonds is 6. The SMILES string of the molecule is CCn1ncc(Cc2ccccc2)c1C1CCCCN1Cc1ccccc1. The zero-order valence-corrected chi connectivity index (χ0v) is 16.2. The number of hydrogen-bond acceptors (Lipinski definition) is 2. The lowest BCUT2D eigenvalue weighted by Gasteiger charge is -2.36. The summed E-state index contributed by atoms with van der Waals surface area (Å²) in [5, 5.41) is 4.74. The molecule has 1 saturated heterocycles. The summed E-state index contributed by atoms with van der Waals surface area (Å²) in [6.07, 6.45) is 6.88. The molecular weight excluding hydrogens is 330 g/mol. The van der Waals surface area contributed by atoms with Crippen LogP contribution in [0.2, 0.25) is 0 Å². The lowest BCUT2D eigenvalue weighted by Crippen LogP contribution is -2.34. The van der Waals surface area contributed by atoms with Crippen LogP contribution in [-0.4, -0.2) is 21.2 Å². The molecule has 0 aliphatic carbocycles. The molecule has 1 atom stereocenters. The summed E-state index contributed by atoms with van der Waals surface area (Å²) in [5.41, 5.74) is 5.57. The van der Waals surface area contributed by atoms with Gasteiger partial charge in [0.15, 0.2) is 0 Å². The standard InChI is InChI=1S/C24H29N3/c1-2-27-24(22(18-25-27)17-20-11-5-3-6-12-20)23-15-9-10-16-26(23)19-21-13-7-4-8-14-21/h3-8,11-14,18,23H,2,9-10,15-17,19H2,1H3. The second-order valence-electron chi connectivity index (χ2n) is 7.50. The van der Waals surface area contributed by atoms with E-state index in [1.165, 1.54) is 48.2 Å². The van der Waals surface area contributed by atoms with E-state index in [1.54, 1.807) is 0 Å². The van der Waals surface area contributed by atoms with Gasteiger partial charge < -0.3 is 0 Å². The Hall–Kier alpha value is -2.39. The van der Waals surface area contributed by atoms with Crippen LogP contribution in [0, 0.1) is 0 Å². The minimum absolute atomic E-state index is 0.458.